The number of halogens is 2. The lowest BCUT2D eigenvalue weighted by atomic mass is 9.99. The van der Waals surface area contributed by atoms with Crippen molar-refractivity contribution in [3.8, 4) is 0 Å². The summed E-state index contributed by atoms with van der Waals surface area (Å²) in [6.45, 7) is 2.09. The third-order valence-corrected chi connectivity index (χ3v) is 5.90. The summed E-state index contributed by atoms with van der Waals surface area (Å²) in [6, 6.07) is 2.43. The van der Waals surface area contributed by atoms with Gasteiger partial charge in [-0.1, -0.05) is 6.92 Å². The van der Waals surface area contributed by atoms with E-state index in [4.69, 9.17) is 5.73 Å². The van der Waals surface area contributed by atoms with E-state index in [-0.39, 0.29) is 29.2 Å². The fourth-order valence-corrected chi connectivity index (χ4v) is 4.51. The van der Waals surface area contributed by atoms with E-state index in [9.17, 15) is 17.9 Å². The van der Waals surface area contributed by atoms with Crippen LogP contribution in [0.4, 0.5) is 10.1 Å². The number of nitrogens with zero attached hydrogens (tertiary/aromatic N) is 1. The van der Waals surface area contributed by atoms with E-state index in [1.165, 1.54) is 10.4 Å². The van der Waals surface area contributed by atoms with Gasteiger partial charge in [-0.25, -0.2) is 12.8 Å². The lowest BCUT2D eigenvalue weighted by Crippen LogP contribution is -2.45. The van der Waals surface area contributed by atoms with Crippen LogP contribution in [0.1, 0.15) is 13.3 Å². The Hall–Kier alpha value is -0.700. The average molecular weight is 367 g/mol. The molecule has 5 nitrogen and oxygen atoms in total. The van der Waals surface area contributed by atoms with Crippen LogP contribution in [0.3, 0.4) is 0 Å². The van der Waals surface area contributed by atoms with Crippen molar-refractivity contribution in [1.82, 2.24) is 4.31 Å². The number of aliphatic hydroxyl groups is 1. The molecule has 0 amide bonds. The Bertz CT molecular complexity index is 623. The zero-order valence-corrected chi connectivity index (χ0v) is 13.3. The monoisotopic (exact) mass is 366 g/mol. The van der Waals surface area contributed by atoms with E-state index < -0.39 is 26.8 Å². The van der Waals surface area contributed by atoms with E-state index in [1.54, 1.807) is 6.92 Å². The predicted octanol–water partition coefficient (Wildman–Crippen LogP) is 1.56. The van der Waals surface area contributed by atoms with Gasteiger partial charge in [0.05, 0.1) is 10.6 Å². The average Bonchev–Trinajstić information content (AvgIpc) is 2.36. The number of piperidine rings is 1. The first kappa shape index (κ1) is 15.7. The normalized spacial score (nSPS) is 24.8. The van der Waals surface area contributed by atoms with E-state index >= 15 is 0 Å². The van der Waals surface area contributed by atoms with Crippen molar-refractivity contribution in [2.75, 3.05) is 18.8 Å². The first-order chi connectivity index (χ1) is 9.23. The van der Waals surface area contributed by atoms with Crippen LogP contribution >= 0.6 is 15.9 Å². The number of nitrogens with two attached hydrogens (primary N) is 1. The third kappa shape index (κ3) is 2.83. The number of benzene rings is 1. The number of hydrogen-bond donors (Lipinski definition) is 2. The maximum atomic E-state index is 14.0. The molecule has 8 heteroatoms. The van der Waals surface area contributed by atoms with E-state index in [0.717, 1.165) is 6.07 Å². The van der Waals surface area contributed by atoms with Crippen molar-refractivity contribution >= 4 is 31.6 Å². The molecule has 20 heavy (non-hydrogen) atoms. The summed E-state index contributed by atoms with van der Waals surface area (Å²) in [6.07, 6.45) is -0.190. The Morgan fingerprint density at radius 3 is 2.75 bits per heavy atom. The number of anilines is 1. The molecule has 1 aliphatic heterocycles. The second kappa shape index (κ2) is 5.59. The fourth-order valence-electron chi connectivity index (χ4n) is 2.22. The van der Waals surface area contributed by atoms with Gasteiger partial charge in [0.2, 0.25) is 10.0 Å². The minimum Gasteiger partial charge on any atom is -0.399 e. The quantitative estimate of drug-likeness (QED) is 0.778. The standard InChI is InChI=1S/C12H16BrFN2O3S/c1-7-6-16(3-2-10(7)17)20(18,19)11-5-8(15)4-9(13)12(11)14/h4-5,7,10,17H,2-3,6,15H2,1H3. The van der Waals surface area contributed by atoms with Gasteiger partial charge in [-0.05, 0) is 40.4 Å². The molecule has 0 aromatic heterocycles. The molecule has 1 fully saturated rings. The highest BCUT2D eigenvalue weighted by molar-refractivity contribution is 9.10. The van der Waals surface area contributed by atoms with Gasteiger partial charge in [-0.15, -0.1) is 0 Å². The smallest absolute Gasteiger partial charge is 0.246 e. The SMILES string of the molecule is CC1CN(S(=O)(=O)c2cc(N)cc(Br)c2F)CCC1O. The van der Waals surface area contributed by atoms with Crippen LogP contribution in [0.5, 0.6) is 0 Å². The van der Waals surface area contributed by atoms with Crippen molar-refractivity contribution in [2.45, 2.75) is 24.3 Å². The molecule has 3 N–H and O–H groups in total. The Kier molecular flexibility index (Phi) is 4.38. The molecular formula is C12H16BrFN2O3S. The highest BCUT2D eigenvalue weighted by atomic mass is 79.9. The van der Waals surface area contributed by atoms with Gasteiger partial charge in [-0.3, -0.25) is 0 Å². The minimum absolute atomic E-state index is 0.0150. The summed E-state index contributed by atoms with van der Waals surface area (Å²) in [5.41, 5.74) is 5.75. The van der Waals surface area contributed by atoms with E-state index in [1.807, 2.05) is 0 Å². The molecule has 0 radical (unpaired) electrons. The van der Waals surface area contributed by atoms with Crippen molar-refractivity contribution in [1.29, 1.82) is 0 Å². The second-order valence-corrected chi connectivity index (χ2v) is 7.77. The minimum atomic E-state index is -3.96. The largest absolute Gasteiger partial charge is 0.399 e. The maximum Gasteiger partial charge on any atom is 0.246 e. The Labute approximate surface area is 125 Å². The zero-order valence-electron chi connectivity index (χ0n) is 10.9. The number of hydrogen-bond acceptors (Lipinski definition) is 4. The number of nitrogen functional groups attached to an aromatic ring is 1. The summed E-state index contributed by atoms with van der Waals surface area (Å²) in [4.78, 5) is -0.437. The highest BCUT2D eigenvalue weighted by Gasteiger charge is 2.34. The van der Waals surface area contributed by atoms with Gasteiger partial charge in [0.15, 0.2) is 5.82 Å². The Balaban J connectivity index is 2.41. The van der Waals surface area contributed by atoms with Crippen LogP contribution in [-0.4, -0.2) is 37.0 Å². The molecule has 112 valence electrons. The van der Waals surface area contributed by atoms with Crippen LogP contribution in [-0.2, 0) is 10.0 Å². The van der Waals surface area contributed by atoms with Gasteiger partial charge in [0.25, 0.3) is 0 Å². The molecule has 0 saturated carbocycles. The molecule has 1 aliphatic rings. The molecule has 2 unspecified atom stereocenters. The Morgan fingerprint density at radius 1 is 1.50 bits per heavy atom. The zero-order chi connectivity index (χ0) is 15.1. The molecule has 1 aromatic rings. The summed E-state index contributed by atoms with van der Waals surface area (Å²) in [5.74, 6) is -1.04. The number of sulfonamides is 1. The first-order valence-corrected chi connectivity index (χ1v) is 8.39. The van der Waals surface area contributed by atoms with E-state index in [0.29, 0.717) is 6.42 Å². The number of aliphatic hydroxyl groups excluding tert-OH is 1. The third-order valence-electron chi connectivity index (χ3n) is 3.46. The van der Waals surface area contributed by atoms with Crippen LogP contribution in [0.25, 0.3) is 0 Å². The van der Waals surface area contributed by atoms with Gasteiger partial charge in [0.1, 0.15) is 4.90 Å². The predicted molar refractivity (Wildman–Crippen MR) is 77.1 cm³/mol. The van der Waals surface area contributed by atoms with Crippen molar-refractivity contribution in [3.63, 3.8) is 0 Å². The first-order valence-electron chi connectivity index (χ1n) is 6.16. The summed E-state index contributed by atoms with van der Waals surface area (Å²) < 4.78 is 40.2. The molecule has 1 aromatic carbocycles. The van der Waals surface area contributed by atoms with Crippen molar-refractivity contribution in [3.05, 3.63) is 22.4 Å². The lowest BCUT2D eigenvalue weighted by Gasteiger charge is -2.33. The van der Waals surface area contributed by atoms with Crippen LogP contribution < -0.4 is 5.73 Å². The molecule has 1 saturated heterocycles. The van der Waals surface area contributed by atoms with Gasteiger partial charge < -0.3 is 10.8 Å². The topological polar surface area (TPSA) is 83.6 Å². The summed E-state index contributed by atoms with van der Waals surface area (Å²) in [5, 5.41) is 9.65. The molecule has 0 aliphatic carbocycles. The van der Waals surface area contributed by atoms with E-state index in [2.05, 4.69) is 15.9 Å². The van der Waals surface area contributed by atoms with Crippen LogP contribution in [0.2, 0.25) is 0 Å². The molecule has 2 atom stereocenters. The highest BCUT2D eigenvalue weighted by Crippen LogP contribution is 2.30. The van der Waals surface area contributed by atoms with Crippen LogP contribution in [0.15, 0.2) is 21.5 Å². The molecule has 1 heterocycles. The molecule has 0 spiro atoms. The summed E-state index contributed by atoms with van der Waals surface area (Å²) >= 11 is 2.96. The van der Waals surface area contributed by atoms with Gasteiger partial charge in [-0.2, -0.15) is 4.31 Å². The number of rotatable bonds is 2. The van der Waals surface area contributed by atoms with Crippen molar-refractivity contribution in [2.24, 2.45) is 5.92 Å². The summed E-state index contributed by atoms with van der Waals surface area (Å²) in [7, 11) is -3.96. The van der Waals surface area contributed by atoms with Crippen molar-refractivity contribution < 1.29 is 17.9 Å². The molecule has 2 rings (SSSR count). The second-order valence-electron chi connectivity index (χ2n) is 5.01. The molecule has 0 bridgehead atoms. The van der Waals surface area contributed by atoms with Gasteiger partial charge in [0, 0.05) is 18.8 Å². The fraction of sp³-hybridized carbons (Fsp3) is 0.500. The van der Waals surface area contributed by atoms with Gasteiger partial charge >= 0.3 is 0 Å². The van der Waals surface area contributed by atoms with Crippen LogP contribution in [0, 0.1) is 11.7 Å². The maximum absolute atomic E-state index is 14.0. The molecular weight excluding hydrogens is 351 g/mol. The lowest BCUT2D eigenvalue weighted by molar-refractivity contribution is 0.0628. The Morgan fingerprint density at radius 2 is 2.15 bits per heavy atom.